The van der Waals surface area contributed by atoms with Crippen molar-refractivity contribution in [1.82, 2.24) is 5.32 Å². The van der Waals surface area contributed by atoms with Crippen LogP contribution in [0.3, 0.4) is 0 Å². The molecule has 1 heterocycles. The van der Waals surface area contributed by atoms with Crippen molar-refractivity contribution in [2.24, 2.45) is 5.92 Å². The molecule has 0 aromatic heterocycles. The van der Waals surface area contributed by atoms with Gasteiger partial charge in [-0.15, -0.1) is 0 Å². The van der Waals surface area contributed by atoms with Gasteiger partial charge in [0.15, 0.2) is 0 Å². The van der Waals surface area contributed by atoms with Crippen LogP contribution in [0.4, 0.5) is 0 Å². The van der Waals surface area contributed by atoms with Crippen molar-refractivity contribution in [2.75, 3.05) is 13.2 Å². The molecule has 0 spiro atoms. The Hall–Kier alpha value is -1.08. The minimum absolute atomic E-state index is 0.0371. The second kappa shape index (κ2) is 5.86. The summed E-state index contributed by atoms with van der Waals surface area (Å²) in [6, 6.07) is 2.21. The third kappa shape index (κ3) is 2.96. The Labute approximate surface area is 97.0 Å². The molecule has 1 aliphatic rings. The van der Waals surface area contributed by atoms with Crippen molar-refractivity contribution >= 4 is 5.91 Å². The number of carbonyl (C=O) groups excluding carboxylic acids is 1. The lowest BCUT2D eigenvalue weighted by Crippen LogP contribution is -2.50. The van der Waals surface area contributed by atoms with E-state index in [4.69, 9.17) is 10.00 Å². The fourth-order valence-corrected chi connectivity index (χ4v) is 1.90. The summed E-state index contributed by atoms with van der Waals surface area (Å²) < 4.78 is 5.27. The lowest BCUT2D eigenvalue weighted by Gasteiger charge is -2.29. The average molecular weight is 224 g/mol. The van der Waals surface area contributed by atoms with Gasteiger partial charge in [-0.3, -0.25) is 4.79 Å². The first-order valence-electron chi connectivity index (χ1n) is 5.98. The Bertz CT molecular complexity index is 273. The van der Waals surface area contributed by atoms with E-state index in [0.29, 0.717) is 19.4 Å². The number of hydrogen-bond acceptors (Lipinski definition) is 3. The zero-order valence-corrected chi connectivity index (χ0v) is 10.1. The predicted molar refractivity (Wildman–Crippen MR) is 60.6 cm³/mol. The van der Waals surface area contributed by atoms with Gasteiger partial charge in [-0.25, -0.2) is 0 Å². The number of nitrogens with zero attached hydrogens (tertiary/aromatic N) is 1. The maximum atomic E-state index is 11.9. The van der Waals surface area contributed by atoms with Gasteiger partial charge in [-0.2, -0.15) is 5.26 Å². The molecule has 4 heteroatoms. The summed E-state index contributed by atoms with van der Waals surface area (Å²) >= 11 is 0. The molecule has 0 aromatic carbocycles. The summed E-state index contributed by atoms with van der Waals surface area (Å²) in [4.78, 5) is 11.9. The smallest absolute Gasteiger partial charge is 0.226 e. The van der Waals surface area contributed by atoms with Gasteiger partial charge in [-0.1, -0.05) is 13.8 Å². The highest BCUT2D eigenvalue weighted by Gasteiger charge is 2.31. The topological polar surface area (TPSA) is 62.1 Å². The van der Waals surface area contributed by atoms with Crippen LogP contribution < -0.4 is 5.32 Å². The summed E-state index contributed by atoms with van der Waals surface area (Å²) in [5, 5.41) is 12.0. The van der Waals surface area contributed by atoms with E-state index in [1.165, 1.54) is 0 Å². The summed E-state index contributed by atoms with van der Waals surface area (Å²) in [5.74, 6) is -0.121. The molecule has 90 valence electrons. The number of nitrogens with one attached hydrogen (secondary N) is 1. The summed E-state index contributed by atoms with van der Waals surface area (Å²) in [6.45, 7) is 5.07. The van der Waals surface area contributed by atoms with Gasteiger partial charge in [0.05, 0.1) is 18.6 Å². The van der Waals surface area contributed by atoms with Gasteiger partial charge in [0, 0.05) is 6.61 Å². The molecule has 1 amide bonds. The van der Waals surface area contributed by atoms with E-state index in [1.807, 2.05) is 13.8 Å². The molecule has 16 heavy (non-hydrogen) atoms. The lowest BCUT2D eigenvalue weighted by atomic mass is 9.92. The fourth-order valence-electron chi connectivity index (χ4n) is 1.90. The minimum atomic E-state index is -0.700. The highest BCUT2D eigenvalue weighted by atomic mass is 16.5. The van der Waals surface area contributed by atoms with Crippen LogP contribution in [0.25, 0.3) is 0 Å². The van der Waals surface area contributed by atoms with E-state index in [2.05, 4.69) is 11.4 Å². The van der Waals surface area contributed by atoms with Crippen molar-refractivity contribution in [3.63, 3.8) is 0 Å². The average Bonchev–Trinajstić information content (AvgIpc) is 2.37. The molecule has 1 N–H and O–H groups in total. The SMILES string of the molecule is CCC(C#N)(CC)NC(=O)C1CCCOC1. The number of carbonyl (C=O) groups is 1. The van der Waals surface area contributed by atoms with Crippen molar-refractivity contribution in [2.45, 2.75) is 45.1 Å². The van der Waals surface area contributed by atoms with E-state index in [9.17, 15) is 4.79 Å². The lowest BCUT2D eigenvalue weighted by molar-refractivity contribution is -0.130. The molecule has 1 rings (SSSR count). The fraction of sp³-hybridized carbons (Fsp3) is 0.833. The second-order valence-corrected chi connectivity index (χ2v) is 4.30. The maximum Gasteiger partial charge on any atom is 0.226 e. The number of rotatable bonds is 4. The van der Waals surface area contributed by atoms with Crippen LogP contribution in [0.5, 0.6) is 0 Å². The standard InChI is InChI=1S/C12H20N2O2/c1-3-12(4-2,9-13)14-11(15)10-6-5-7-16-8-10/h10H,3-8H2,1-2H3,(H,14,15). The molecule has 1 saturated heterocycles. The zero-order valence-electron chi connectivity index (χ0n) is 10.1. The first-order chi connectivity index (χ1) is 7.67. The van der Waals surface area contributed by atoms with Crippen LogP contribution in [0, 0.1) is 17.2 Å². The Balaban J connectivity index is 2.57. The molecule has 0 aromatic rings. The van der Waals surface area contributed by atoms with Crippen molar-refractivity contribution < 1.29 is 9.53 Å². The minimum Gasteiger partial charge on any atom is -0.381 e. The Morgan fingerprint density at radius 3 is 2.69 bits per heavy atom. The number of hydrogen-bond donors (Lipinski definition) is 1. The molecular weight excluding hydrogens is 204 g/mol. The monoisotopic (exact) mass is 224 g/mol. The van der Waals surface area contributed by atoms with E-state index in [-0.39, 0.29) is 11.8 Å². The maximum absolute atomic E-state index is 11.9. The molecule has 1 aliphatic heterocycles. The molecule has 0 aliphatic carbocycles. The molecule has 1 fully saturated rings. The Morgan fingerprint density at radius 2 is 2.25 bits per heavy atom. The number of amides is 1. The summed E-state index contributed by atoms with van der Waals surface area (Å²) in [5.41, 5.74) is -0.700. The first-order valence-corrected chi connectivity index (χ1v) is 5.98. The summed E-state index contributed by atoms with van der Waals surface area (Å²) in [6.07, 6.45) is 3.06. The molecule has 1 unspecified atom stereocenters. The van der Waals surface area contributed by atoms with Crippen LogP contribution in [0.15, 0.2) is 0 Å². The van der Waals surface area contributed by atoms with E-state index in [1.54, 1.807) is 0 Å². The van der Waals surface area contributed by atoms with Gasteiger partial charge < -0.3 is 10.1 Å². The van der Waals surface area contributed by atoms with Crippen LogP contribution in [0.2, 0.25) is 0 Å². The second-order valence-electron chi connectivity index (χ2n) is 4.30. The van der Waals surface area contributed by atoms with Crippen molar-refractivity contribution in [3.8, 4) is 6.07 Å². The van der Waals surface area contributed by atoms with Gasteiger partial charge >= 0.3 is 0 Å². The van der Waals surface area contributed by atoms with Gasteiger partial charge in [0.2, 0.25) is 5.91 Å². The molecule has 0 saturated carbocycles. The normalized spacial score (nSPS) is 21.2. The highest BCUT2D eigenvalue weighted by molar-refractivity contribution is 5.80. The van der Waals surface area contributed by atoms with Crippen LogP contribution in [-0.2, 0) is 9.53 Å². The largest absolute Gasteiger partial charge is 0.381 e. The third-order valence-electron chi connectivity index (χ3n) is 3.31. The van der Waals surface area contributed by atoms with E-state index in [0.717, 1.165) is 19.4 Å². The molecular formula is C12H20N2O2. The number of ether oxygens (including phenoxy) is 1. The van der Waals surface area contributed by atoms with Crippen molar-refractivity contribution in [3.05, 3.63) is 0 Å². The van der Waals surface area contributed by atoms with Crippen LogP contribution >= 0.6 is 0 Å². The van der Waals surface area contributed by atoms with Gasteiger partial charge in [0.25, 0.3) is 0 Å². The van der Waals surface area contributed by atoms with E-state index < -0.39 is 5.54 Å². The zero-order chi connectivity index (χ0) is 12.0. The molecule has 1 atom stereocenters. The quantitative estimate of drug-likeness (QED) is 0.789. The molecule has 0 radical (unpaired) electrons. The third-order valence-corrected chi connectivity index (χ3v) is 3.31. The molecule has 0 bridgehead atoms. The Morgan fingerprint density at radius 1 is 1.56 bits per heavy atom. The Kier molecular flexibility index (Phi) is 4.75. The first kappa shape index (κ1) is 13.0. The van der Waals surface area contributed by atoms with Crippen LogP contribution in [0.1, 0.15) is 39.5 Å². The van der Waals surface area contributed by atoms with Gasteiger partial charge in [-0.05, 0) is 25.7 Å². The van der Waals surface area contributed by atoms with Gasteiger partial charge in [0.1, 0.15) is 5.54 Å². The van der Waals surface area contributed by atoms with E-state index >= 15 is 0 Å². The summed E-state index contributed by atoms with van der Waals surface area (Å²) in [7, 11) is 0. The van der Waals surface area contributed by atoms with Crippen molar-refractivity contribution in [1.29, 1.82) is 5.26 Å². The predicted octanol–water partition coefficient (Wildman–Crippen LogP) is 1.61. The highest BCUT2D eigenvalue weighted by Crippen LogP contribution is 2.18. The molecule has 4 nitrogen and oxygen atoms in total. The number of nitriles is 1. The van der Waals surface area contributed by atoms with Crippen LogP contribution in [-0.4, -0.2) is 24.7 Å².